The van der Waals surface area contributed by atoms with Gasteiger partial charge >= 0.3 is 0 Å². The second-order valence-corrected chi connectivity index (χ2v) is 6.43. The third-order valence-electron chi connectivity index (χ3n) is 3.83. The summed E-state index contributed by atoms with van der Waals surface area (Å²) >= 11 is 0. The Morgan fingerprint density at radius 2 is 1.75 bits per heavy atom. The summed E-state index contributed by atoms with van der Waals surface area (Å²) in [4.78, 5) is 14.8. The number of carbonyl (C=O) groups excluding carboxylic acids is 1. The van der Waals surface area contributed by atoms with Crippen molar-refractivity contribution in [2.75, 3.05) is 46.4 Å². The number of halogens is 2. The van der Waals surface area contributed by atoms with Crippen LogP contribution in [0.2, 0.25) is 0 Å². The van der Waals surface area contributed by atoms with E-state index in [1.165, 1.54) is 0 Å². The van der Waals surface area contributed by atoms with Crippen LogP contribution >= 0.6 is 24.8 Å². The molecule has 0 saturated carbocycles. The Kier molecular flexibility index (Phi) is 15.3. The summed E-state index contributed by atoms with van der Waals surface area (Å²) < 4.78 is 10.7. The fourth-order valence-electron chi connectivity index (χ4n) is 3.01. The van der Waals surface area contributed by atoms with E-state index in [2.05, 4.69) is 43.2 Å². The van der Waals surface area contributed by atoms with Crippen LogP contribution in [0.3, 0.4) is 0 Å². The van der Waals surface area contributed by atoms with Crippen LogP contribution in [0.4, 0.5) is 0 Å². The molecule has 1 rings (SSSR count). The standard InChI is InChI=1S/C16H33N3O3.2ClH/c1-12(2)15(19-10-13(3)22-14(4)11-19)16(20)18-7-6-17-8-9-21-5;;/h12-15,17H,6-11H2,1-5H3,(H,18,20);2*1H. The van der Waals surface area contributed by atoms with Crippen LogP contribution < -0.4 is 10.6 Å². The molecule has 3 unspecified atom stereocenters. The highest BCUT2D eigenvalue weighted by Gasteiger charge is 2.33. The van der Waals surface area contributed by atoms with Gasteiger partial charge in [-0.15, -0.1) is 24.8 Å². The molecule has 3 atom stereocenters. The number of morpholine rings is 1. The normalized spacial score (nSPS) is 22.4. The van der Waals surface area contributed by atoms with Crippen molar-refractivity contribution in [2.45, 2.75) is 45.9 Å². The molecule has 0 aliphatic carbocycles. The summed E-state index contributed by atoms with van der Waals surface area (Å²) in [6, 6.07) is -0.0900. The van der Waals surface area contributed by atoms with E-state index in [-0.39, 0.29) is 54.9 Å². The third-order valence-corrected chi connectivity index (χ3v) is 3.83. The number of hydrogen-bond donors (Lipinski definition) is 2. The first kappa shape index (κ1) is 26.1. The summed E-state index contributed by atoms with van der Waals surface area (Å²) in [6.07, 6.45) is 0.349. The molecule has 1 aliphatic heterocycles. The molecule has 0 aromatic rings. The van der Waals surface area contributed by atoms with Gasteiger partial charge < -0.3 is 20.1 Å². The van der Waals surface area contributed by atoms with E-state index in [1.54, 1.807) is 7.11 Å². The third kappa shape index (κ3) is 9.39. The van der Waals surface area contributed by atoms with Crippen LogP contribution in [0.1, 0.15) is 27.7 Å². The summed E-state index contributed by atoms with van der Waals surface area (Å²) in [6.45, 7) is 12.9. The number of hydrogen-bond acceptors (Lipinski definition) is 5. The Morgan fingerprint density at radius 1 is 1.17 bits per heavy atom. The van der Waals surface area contributed by atoms with Crippen molar-refractivity contribution in [1.29, 1.82) is 0 Å². The molecular weight excluding hydrogens is 353 g/mol. The molecule has 6 nitrogen and oxygen atoms in total. The second kappa shape index (κ2) is 14.1. The molecule has 1 heterocycles. The van der Waals surface area contributed by atoms with Gasteiger partial charge in [-0.1, -0.05) is 13.8 Å². The number of carbonyl (C=O) groups is 1. The predicted molar refractivity (Wildman–Crippen MR) is 102 cm³/mol. The van der Waals surface area contributed by atoms with Crippen LogP contribution in [-0.2, 0) is 14.3 Å². The molecule has 146 valence electrons. The van der Waals surface area contributed by atoms with Crippen molar-refractivity contribution in [3.63, 3.8) is 0 Å². The van der Waals surface area contributed by atoms with Gasteiger partial charge in [0.25, 0.3) is 0 Å². The average Bonchev–Trinajstić information content (AvgIpc) is 2.41. The van der Waals surface area contributed by atoms with E-state index < -0.39 is 0 Å². The molecule has 0 aromatic heterocycles. The first-order chi connectivity index (χ1) is 10.5. The van der Waals surface area contributed by atoms with Crippen molar-refractivity contribution < 1.29 is 14.3 Å². The summed E-state index contributed by atoms with van der Waals surface area (Å²) in [5, 5.41) is 6.27. The lowest BCUT2D eigenvalue weighted by Crippen LogP contribution is -2.57. The summed E-state index contributed by atoms with van der Waals surface area (Å²) in [7, 11) is 1.68. The summed E-state index contributed by atoms with van der Waals surface area (Å²) in [5.74, 6) is 0.392. The van der Waals surface area contributed by atoms with E-state index in [4.69, 9.17) is 9.47 Å². The predicted octanol–water partition coefficient (Wildman–Crippen LogP) is 1.32. The van der Waals surface area contributed by atoms with E-state index in [0.29, 0.717) is 13.2 Å². The number of nitrogens with zero attached hydrogens (tertiary/aromatic N) is 1. The monoisotopic (exact) mass is 387 g/mol. The Hall–Kier alpha value is -0.110. The molecule has 1 fully saturated rings. The molecule has 1 saturated heterocycles. The van der Waals surface area contributed by atoms with Crippen molar-refractivity contribution in [3.05, 3.63) is 0 Å². The molecule has 8 heteroatoms. The van der Waals surface area contributed by atoms with E-state index >= 15 is 0 Å². The van der Waals surface area contributed by atoms with Gasteiger partial charge in [-0.2, -0.15) is 0 Å². The highest BCUT2D eigenvalue weighted by molar-refractivity contribution is 5.85. The maximum atomic E-state index is 12.5. The smallest absolute Gasteiger partial charge is 0.237 e. The Balaban J connectivity index is 0. The first-order valence-electron chi connectivity index (χ1n) is 8.32. The highest BCUT2D eigenvalue weighted by Crippen LogP contribution is 2.18. The van der Waals surface area contributed by atoms with E-state index in [1.807, 2.05) is 0 Å². The minimum absolute atomic E-state index is 0. The molecule has 0 bridgehead atoms. The Morgan fingerprint density at radius 3 is 2.25 bits per heavy atom. The van der Waals surface area contributed by atoms with Gasteiger partial charge in [-0.25, -0.2) is 0 Å². The fraction of sp³-hybridized carbons (Fsp3) is 0.938. The zero-order valence-electron chi connectivity index (χ0n) is 15.5. The average molecular weight is 388 g/mol. The molecule has 2 N–H and O–H groups in total. The molecule has 1 aliphatic rings. The number of methoxy groups -OCH3 is 1. The molecule has 0 radical (unpaired) electrons. The lowest BCUT2D eigenvalue weighted by Gasteiger charge is -2.41. The van der Waals surface area contributed by atoms with Gasteiger partial charge in [0.15, 0.2) is 0 Å². The molecule has 1 amide bonds. The second-order valence-electron chi connectivity index (χ2n) is 6.43. The van der Waals surface area contributed by atoms with Crippen molar-refractivity contribution in [3.8, 4) is 0 Å². The van der Waals surface area contributed by atoms with Crippen LogP contribution in [0.25, 0.3) is 0 Å². The van der Waals surface area contributed by atoms with Crippen LogP contribution in [0.15, 0.2) is 0 Å². The van der Waals surface area contributed by atoms with Crippen LogP contribution in [0, 0.1) is 5.92 Å². The number of amides is 1. The van der Waals surface area contributed by atoms with E-state index in [0.717, 1.165) is 26.2 Å². The largest absolute Gasteiger partial charge is 0.383 e. The molecule has 24 heavy (non-hydrogen) atoms. The van der Waals surface area contributed by atoms with Gasteiger partial charge in [0.1, 0.15) is 0 Å². The topological polar surface area (TPSA) is 62.8 Å². The number of nitrogens with one attached hydrogen (secondary N) is 2. The van der Waals surface area contributed by atoms with E-state index in [9.17, 15) is 4.79 Å². The zero-order valence-corrected chi connectivity index (χ0v) is 17.2. The molecule has 0 spiro atoms. The minimum atomic E-state index is -0.0900. The summed E-state index contributed by atoms with van der Waals surface area (Å²) in [5.41, 5.74) is 0. The zero-order chi connectivity index (χ0) is 16.5. The Labute approximate surface area is 159 Å². The SMILES string of the molecule is COCCNCCNC(=O)C(C(C)C)N1CC(C)OC(C)C1.Cl.Cl. The van der Waals surface area contributed by atoms with Gasteiger partial charge in [0.2, 0.25) is 5.91 Å². The Bertz CT molecular complexity index is 326. The van der Waals surface area contributed by atoms with Crippen LogP contribution in [0.5, 0.6) is 0 Å². The number of rotatable bonds is 9. The van der Waals surface area contributed by atoms with Crippen molar-refractivity contribution in [2.24, 2.45) is 5.92 Å². The minimum Gasteiger partial charge on any atom is -0.383 e. The first-order valence-corrected chi connectivity index (χ1v) is 8.32. The van der Waals surface area contributed by atoms with Gasteiger partial charge in [-0.3, -0.25) is 9.69 Å². The van der Waals surface area contributed by atoms with Crippen molar-refractivity contribution in [1.82, 2.24) is 15.5 Å². The fourth-order valence-corrected chi connectivity index (χ4v) is 3.01. The van der Waals surface area contributed by atoms with Crippen molar-refractivity contribution >= 4 is 30.7 Å². The lowest BCUT2D eigenvalue weighted by atomic mass is 9.99. The maximum absolute atomic E-state index is 12.5. The maximum Gasteiger partial charge on any atom is 0.237 e. The van der Waals surface area contributed by atoms with Gasteiger partial charge in [-0.05, 0) is 19.8 Å². The molecule has 0 aromatic carbocycles. The van der Waals surface area contributed by atoms with Crippen LogP contribution in [-0.4, -0.2) is 75.5 Å². The highest BCUT2D eigenvalue weighted by atomic mass is 35.5. The van der Waals surface area contributed by atoms with Gasteiger partial charge in [0.05, 0.1) is 24.9 Å². The lowest BCUT2D eigenvalue weighted by molar-refractivity contribution is -0.135. The molecular formula is C16H35Cl2N3O3. The van der Waals surface area contributed by atoms with Gasteiger partial charge in [0, 0.05) is 39.8 Å². The quantitative estimate of drug-likeness (QED) is 0.584. The number of ether oxygens (including phenoxy) is 2.